The van der Waals surface area contributed by atoms with Crippen molar-refractivity contribution in [2.75, 3.05) is 0 Å². The molecule has 21 heavy (non-hydrogen) atoms. The summed E-state index contributed by atoms with van der Waals surface area (Å²) in [6.45, 7) is 2.01. The average Bonchev–Trinajstić information content (AvgIpc) is 3.19. The molecule has 2 heterocycles. The second-order valence-corrected chi connectivity index (χ2v) is 6.67. The second kappa shape index (κ2) is 4.59. The SMILES string of the molecule is Cc1csc(-c2nc3cc(C#N)ccc3n2C2CC2)c1Cl. The van der Waals surface area contributed by atoms with Gasteiger partial charge in [-0.05, 0) is 48.9 Å². The van der Waals surface area contributed by atoms with Crippen molar-refractivity contribution in [3.8, 4) is 16.8 Å². The maximum Gasteiger partial charge on any atom is 0.153 e. The molecule has 0 atom stereocenters. The lowest BCUT2D eigenvalue weighted by molar-refractivity contribution is 0.777. The van der Waals surface area contributed by atoms with E-state index >= 15 is 0 Å². The molecule has 0 radical (unpaired) electrons. The number of nitriles is 1. The summed E-state index contributed by atoms with van der Waals surface area (Å²) in [6, 6.07) is 8.39. The first-order valence-electron chi connectivity index (χ1n) is 6.85. The van der Waals surface area contributed by atoms with E-state index in [1.54, 1.807) is 11.3 Å². The number of halogens is 1. The predicted molar refractivity (Wildman–Crippen MR) is 85.8 cm³/mol. The Morgan fingerprint density at radius 3 is 2.86 bits per heavy atom. The molecule has 1 fully saturated rings. The quantitative estimate of drug-likeness (QED) is 0.673. The van der Waals surface area contributed by atoms with Gasteiger partial charge >= 0.3 is 0 Å². The molecule has 1 aromatic carbocycles. The number of hydrogen-bond acceptors (Lipinski definition) is 3. The Morgan fingerprint density at radius 1 is 1.43 bits per heavy atom. The Kier molecular flexibility index (Phi) is 2.81. The fourth-order valence-electron chi connectivity index (χ4n) is 2.61. The van der Waals surface area contributed by atoms with Gasteiger partial charge in [-0.15, -0.1) is 11.3 Å². The fraction of sp³-hybridized carbons (Fsp3) is 0.250. The average molecular weight is 314 g/mol. The summed E-state index contributed by atoms with van der Waals surface area (Å²) >= 11 is 8.06. The van der Waals surface area contributed by atoms with Crippen LogP contribution >= 0.6 is 22.9 Å². The highest BCUT2D eigenvalue weighted by Gasteiger charge is 2.30. The zero-order valence-electron chi connectivity index (χ0n) is 11.4. The van der Waals surface area contributed by atoms with Gasteiger partial charge in [-0.1, -0.05) is 11.6 Å². The molecule has 3 nitrogen and oxygen atoms in total. The summed E-state index contributed by atoms with van der Waals surface area (Å²) in [7, 11) is 0. The Labute approximate surface area is 131 Å². The normalized spacial score (nSPS) is 14.5. The van der Waals surface area contributed by atoms with Gasteiger partial charge in [0.15, 0.2) is 5.82 Å². The highest BCUT2D eigenvalue weighted by molar-refractivity contribution is 7.14. The van der Waals surface area contributed by atoms with Crippen molar-refractivity contribution in [3.05, 3.63) is 39.7 Å². The fourth-order valence-corrected chi connectivity index (χ4v) is 3.88. The van der Waals surface area contributed by atoms with Crippen LogP contribution in [-0.2, 0) is 0 Å². The van der Waals surface area contributed by atoms with E-state index in [1.807, 2.05) is 25.1 Å². The molecule has 0 N–H and O–H groups in total. The molecule has 0 spiro atoms. The molecule has 1 aliphatic carbocycles. The van der Waals surface area contributed by atoms with Crippen molar-refractivity contribution in [1.82, 2.24) is 9.55 Å². The molecule has 4 rings (SSSR count). The van der Waals surface area contributed by atoms with E-state index in [-0.39, 0.29) is 0 Å². The Hall–Kier alpha value is -1.83. The van der Waals surface area contributed by atoms with E-state index in [9.17, 15) is 0 Å². The van der Waals surface area contributed by atoms with E-state index in [0.717, 1.165) is 32.3 Å². The molecule has 0 saturated heterocycles. The first-order chi connectivity index (χ1) is 10.2. The highest BCUT2D eigenvalue weighted by Crippen LogP contribution is 2.44. The van der Waals surface area contributed by atoms with Gasteiger partial charge in [-0.2, -0.15) is 5.26 Å². The Bertz CT molecular complexity index is 896. The van der Waals surface area contributed by atoms with Gasteiger partial charge in [0.25, 0.3) is 0 Å². The number of benzene rings is 1. The lowest BCUT2D eigenvalue weighted by Crippen LogP contribution is -1.96. The third-order valence-electron chi connectivity index (χ3n) is 3.83. The van der Waals surface area contributed by atoms with Crippen LogP contribution in [0.2, 0.25) is 5.02 Å². The van der Waals surface area contributed by atoms with Crippen LogP contribution in [0.4, 0.5) is 0 Å². The Morgan fingerprint density at radius 2 is 2.24 bits per heavy atom. The molecule has 1 saturated carbocycles. The lowest BCUT2D eigenvalue weighted by atomic mass is 10.2. The topological polar surface area (TPSA) is 41.6 Å². The number of aryl methyl sites for hydroxylation is 1. The number of fused-ring (bicyclic) bond motifs is 1. The van der Waals surface area contributed by atoms with Gasteiger partial charge in [0.2, 0.25) is 0 Å². The number of thiophene rings is 1. The van der Waals surface area contributed by atoms with Crippen LogP contribution in [0.15, 0.2) is 23.6 Å². The first kappa shape index (κ1) is 12.9. The molecule has 1 aliphatic rings. The van der Waals surface area contributed by atoms with E-state index < -0.39 is 0 Å². The van der Waals surface area contributed by atoms with Crippen molar-refractivity contribution < 1.29 is 0 Å². The molecule has 0 unspecified atom stereocenters. The maximum atomic E-state index is 9.06. The third kappa shape index (κ3) is 1.97. The van der Waals surface area contributed by atoms with Crippen molar-refractivity contribution in [1.29, 1.82) is 5.26 Å². The van der Waals surface area contributed by atoms with Crippen LogP contribution < -0.4 is 0 Å². The van der Waals surface area contributed by atoms with Crippen LogP contribution in [0.3, 0.4) is 0 Å². The van der Waals surface area contributed by atoms with E-state index in [4.69, 9.17) is 21.8 Å². The van der Waals surface area contributed by atoms with Gasteiger partial charge in [0.05, 0.1) is 32.6 Å². The first-order valence-corrected chi connectivity index (χ1v) is 8.11. The number of hydrogen-bond donors (Lipinski definition) is 0. The zero-order valence-corrected chi connectivity index (χ0v) is 13.0. The van der Waals surface area contributed by atoms with E-state index in [2.05, 4.69) is 16.0 Å². The lowest BCUT2D eigenvalue weighted by Gasteiger charge is -2.06. The van der Waals surface area contributed by atoms with Gasteiger partial charge in [0, 0.05) is 6.04 Å². The predicted octanol–water partition coefficient (Wildman–Crippen LogP) is 4.93. The van der Waals surface area contributed by atoms with Crippen LogP contribution in [0.1, 0.15) is 30.0 Å². The number of nitrogens with zero attached hydrogens (tertiary/aromatic N) is 3. The second-order valence-electron chi connectivity index (χ2n) is 5.41. The summed E-state index contributed by atoms with van der Waals surface area (Å²) in [5.74, 6) is 0.936. The summed E-state index contributed by atoms with van der Waals surface area (Å²) in [4.78, 5) is 5.79. The summed E-state index contributed by atoms with van der Waals surface area (Å²) in [6.07, 6.45) is 2.36. The molecular weight excluding hydrogens is 302 g/mol. The van der Waals surface area contributed by atoms with Crippen molar-refractivity contribution >= 4 is 34.0 Å². The van der Waals surface area contributed by atoms with Crippen molar-refractivity contribution in [2.24, 2.45) is 0 Å². The minimum absolute atomic E-state index is 0.511. The largest absolute Gasteiger partial charge is 0.320 e. The minimum atomic E-state index is 0.511. The molecule has 0 amide bonds. The molecule has 0 aliphatic heterocycles. The summed E-state index contributed by atoms with van der Waals surface area (Å²) in [5, 5.41) is 11.9. The molecular formula is C16H12ClN3S. The zero-order chi connectivity index (χ0) is 14.6. The number of imidazole rings is 1. The molecule has 0 bridgehead atoms. The van der Waals surface area contributed by atoms with Crippen LogP contribution in [0.25, 0.3) is 21.7 Å². The summed E-state index contributed by atoms with van der Waals surface area (Å²) in [5.41, 5.74) is 3.69. The highest BCUT2D eigenvalue weighted by atomic mass is 35.5. The number of rotatable bonds is 2. The maximum absolute atomic E-state index is 9.06. The smallest absolute Gasteiger partial charge is 0.153 e. The monoisotopic (exact) mass is 313 g/mol. The standard InChI is InChI=1S/C16H12ClN3S/c1-9-8-21-15(14(9)17)16-19-12-6-10(7-18)2-5-13(12)20(16)11-3-4-11/h2,5-6,8,11H,3-4H2,1H3. The van der Waals surface area contributed by atoms with Crippen LogP contribution in [0.5, 0.6) is 0 Å². The van der Waals surface area contributed by atoms with Crippen molar-refractivity contribution in [2.45, 2.75) is 25.8 Å². The van der Waals surface area contributed by atoms with Gasteiger partial charge in [-0.25, -0.2) is 4.98 Å². The molecule has 3 aromatic rings. The van der Waals surface area contributed by atoms with Crippen molar-refractivity contribution in [3.63, 3.8) is 0 Å². The van der Waals surface area contributed by atoms with Gasteiger partial charge < -0.3 is 4.57 Å². The molecule has 5 heteroatoms. The van der Waals surface area contributed by atoms with Gasteiger partial charge in [-0.3, -0.25) is 0 Å². The minimum Gasteiger partial charge on any atom is -0.320 e. The molecule has 2 aromatic heterocycles. The molecule has 104 valence electrons. The van der Waals surface area contributed by atoms with Crippen LogP contribution in [0, 0.1) is 18.3 Å². The van der Waals surface area contributed by atoms with Crippen LogP contribution in [-0.4, -0.2) is 9.55 Å². The third-order valence-corrected chi connectivity index (χ3v) is 5.53. The summed E-state index contributed by atoms with van der Waals surface area (Å²) < 4.78 is 2.29. The van der Waals surface area contributed by atoms with Gasteiger partial charge in [0.1, 0.15) is 0 Å². The Balaban J connectivity index is 2.02. The van der Waals surface area contributed by atoms with E-state index in [0.29, 0.717) is 11.6 Å². The number of aromatic nitrogens is 2. The van der Waals surface area contributed by atoms with E-state index in [1.165, 1.54) is 12.8 Å².